The van der Waals surface area contributed by atoms with Gasteiger partial charge in [-0.05, 0) is 41.5 Å². The summed E-state index contributed by atoms with van der Waals surface area (Å²) in [4.78, 5) is 27.6. The Labute approximate surface area is 198 Å². The van der Waals surface area contributed by atoms with Crippen molar-refractivity contribution in [1.29, 1.82) is 0 Å². The first-order valence-electron chi connectivity index (χ1n) is 10.9. The highest BCUT2D eigenvalue weighted by atomic mass is 16.5. The molecular formula is C28H25NO5. The number of aliphatic hydroxyl groups excluding tert-OH is 1. The van der Waals surface area contributed by atoms with Gasteiger partial charge in [-0.3, -0.25) is 9.59 Å². The molecule has 4 rings (SSSR count). The van der Waals surface area contributed by atoms with Crippen LogP contribution in [0, 0.1) is 0 Å². The number of nitrogens with zero attached hydrogens (tertiary/aromatic N) is 1. The van der Waals surface area contributed by atoms with Crippen LogP contribution < -0.4 is 4.74 Å². The van der Waals surface area contributed by atoms with Gasteiger partial charge < -0.3 is 19.5 Å². The largest absolute Gasteiger partial charge is 0.503 e. The summed E-state index contributed by atoms with van der Waals surface area (Å²) in [6, 6.07) is 25.1. The lowest BCUT2D eigenvalue weighted by Gasteiger charge is -2.26. The lowest BCUT2D eigenvalue weighted by atomic mass is 9.95. The molecule has 1 atom stereocenters. The van der Waals surface area contributed by atoms with Gasteiger partial charge in [0, 0.05) is 13.7 Å². The molecule has 172 valence electrons. The third kappa shape index (κ3) is 5.08. The van der Waals surface area contributed by atoms with Crippen molar-refractivity contribution in [2.75, 3.05) is 20.3 Å². The molecule has 1 heterocycles. The quantitative estimate of drug-likeness (QED) is 0.454. The molecular weight excluding hydrogens is 430 g/mol. The third-order valence-corrected chi connectivity index (χ3v) is 5.48. The van der Waals surface area contributed by atoms with E-state index < -0.39 is 23.5 Å². The molecule has 1 amide bonds. The van der Waals surface area contributed by atoms with E-state index in [9.17, 15) is 14.7 Å². The van der Waals surface area contributed by atoms with Gasteiger partial charge in [-0.25, -0.2) is 0 Å². The van der Waals surface area contributed by atoms with E-state index in [2.05, 4.69) is 0 Å². The molecule has 1 N–H and O–H groups in total. The molecule has 3 aromatic carbocycles. The van der Waals surface area contributed by atoms with Crippen LogP contribution >= 0.6 is 0 Å². The number of methoxy groups -OCH3 is 1. The molecule has 0 aromatic heterocycles. The van der Waals surface area contributed by atoms with Crippen LogP contribution in [0.25, 0.3) is 6.08 Å². The van der Waals surface area contributed by atoms with Gasteiger partial charge >= 0.3 is 0 Å². The molecule has 34 heavy (non-hydrogen) atoms. The minimum Gasteiger partial charge on any atom is -0.503 e. The highest BCUT2D eigenvalue weighted by molar-refractivity contribution is 6.14. The van der Waals surface area contributed by atoms with Crippen LogP contribution in [0.1, 0.15) is 17.2 Å². The van der Waals surface area contributed by atoms with Gasteiger partial charge in [-0.15, -0.1) is 0 Å². The Morgan fingerprint density at radius 2 is 1.65 bits per heavy atom. The lowest BCUT2D eigenvalue weighted by Crippen LogP contribution is -2.33. The molecule has 0 fully saturated rings. The second kappa shape index (κ2) is 10.6. The molecule has 3 aromatic rings. The summed E-state index contributed by atoms with van der Waals surface area (Å²) in [5, 5.41) is 10.7. The highest BCUT2D eigenvalue weighted by Crippen LogP contribution is 2.39. The normalized spacial score (nSPS) is 15.9. The average molecular weight is 456 g/mol. The fourth-order valence-electron chi connectivity index (χ4n) is 3.87. The molecule has 0 saturated carbocycles. The molecule has 1 unspecified atom stereocenters. The molecule has 6 nitrogen and oxygen atoms in total. The van der Waals surface area contributed by atoms with Crippen LogP contribution in [0.4, 0.5) is 0 Å². The van der Waals surface area contributed by atoms with E-state index in [4.69, 9.17) is 9.47 Å². The number of carbonyl (C=O) groups is 2. The first-order chi connectivity index (χ1) is 16.6. The molecule has 0 radical (unpaired) electrons. The van der Waals surface area contributed by atoms with Crippen molar-refractivity contribution in [3.05, 3.63) is 113 Å². The van der Waals surface area contributed by atoms with E-state index in [0.717, 1.165) is 5.56 Å². The van der Waals surface area contributed by atoms with E-state index in [1.54, 1.807) is 24.3 Å². The maximum absolute atomic E-state index is 13.2. The number of allylic oxidation sites excluding steroid dienone is 1. The zero-order valence-electron chi connectivity index (χ0n) is 18.8. The number of ether oxygens (including phenoxy) is 2. The van der Waals surface area contributed by atoms with Crippen molar-refractivity contribution in [2.24, 2.45) is 0 Å². The maximum atomic E-state index is 13.2. The SMILES string of the molecule is COCCN1C(=O)C(O)=C(C(=O)C=Cc2ccccc2)C1c1cccc(Oc2ccccc2)c1. The van der Waals surface area contributed by atoms with Crippen molar-refractivity contribution in [3.63, 3.8) is 0 Å². The highest BCUT2D eigenvalue weighted by Gasteiger charge is 2.42. The van der Waals surface area contributed by atoms with Gasteiger partial charge in [0.1, 0.15) is 11.5 Å². The summed E-state index contributed by atoms with van der Waals surface area (Å²) < 4.78 is 11.1. The number of para-hydroxylation sites is 1. The number of aliphatic hydroxyl groups is 1. The smallest absolute Gasteiger partial charge is 0.290 e. The third-order valence-electron chi connectivity index (χ3n) is 5.48. The fraction of sp³-hybridized carbons (Fsp3) is 0.143. The molecule has 1 aliphatic rings. The minimum absolute atomic E-state index is 0.0325. The predicted octanol–water partition coefficient (Wildman–Crippen LogP) is 5.10. The van der Waals surface area contributed by atoms with Gasteiger partial charge in [0.2, 0.25) is 0 Å². The molecule has 0 aliphatic carbocycles. The Balaban J connectivity index is 1.68. The molecule has 6 heteroatoms. The average Bonchev–Trinajstić information content (AvgIpc) is 3.12. The van der Waals surface area contributed by atoms with E-state index in [1.807, 2.05) is 66.7 Å². The second-order valence-electron chi connectivity index (χ2n) is 7.75. The summed E-state index contributed by atoms with van der Waals surface area (Å²) in [5.41, 5.74) is 1.52. The summed E-state index contributed by atoms with van der Waals surface area (Å²) in [5.74, 6) is -0.361. The zero-order chi connectivity index (χ0) is 23.9. The Morgan fingerprint density at radius 1 is 0.971 bits per heavy atom. The summed E-state index contributed by atoms with van der Waals surface area (Å²) in [6.45, 7) is 0.476. The summed E-state index contributed by atoms with van der Waals surface area (Å²) >= 11 is 0. The maximum Gasteiger partial charge on any atom is 0.290 e. The van der Waals surface area contributed by atoms with E-state index in [0.29, 0.717) is 17.1 Å². The number of rotatable bonds is 9. The number of amides is 1. The molecule has 0 spiro atoms. The topological polar surface area (TPSA) is 76.1 Å². The number of hydrogen-bond donors (Lipinski definition) is 1. The Kier molecular flexibility index (Phi) is 7.20. The number of benzene rings is 3. The van der Waals surface area contributed by atoms with Gasteiger partial charge in [-0.2, -0.15) is 0 Å². The van der Waals surface area contributed by atoms with Crippen LogP contribution in [0.5, 0.6) is 11.5 Å². The van der Waals surface area contributed by atoms with Gasteiger partial charge in [0.25, 0.3) is 5.91 Å². The first-order valence-corrected chi connectivity index (χ1v) is 10.9. The monoisotopic (exact) mass is 455 g/mol. The molecule has 0 saturated heterocycles. The van der Waals surface area contributed by atoms with Crippen molar-refractivity contribution >= 4 is 17.8 Å². The standard InChI is InChI=1S/C28H25NO5/c1-33-18-17-29-26(21-11-8-14-23(19-21)34-22-12-6-3-7-13-22)25(27(31)28(29)32)24(30)16-15-20-9-4-2-5-10-20/h2-16,19,26,31H,17-18H2,1H3. The van der Waals surface area contributed by atoms with Crippen LogP contribution in [-0.4, -0.2) is 42.0 Å². The second-order valence-corrected chi connectivity index (χ2v) is 7.75. The Morgan fingerprint density at radius 3 is 2.35 bits per heavy atom. The molecule has 1 aliphatic heterocycles. The number of carbonyl (C=O) groups excluding carboxylic acids is 2. The zero-order valence-corrected chi connectivity index (χ0v) is 18.8. The Hall–Kier alpha value is -4.16. The first kappa shape index (κ1) is 23.0. The Bertz CT molecular complexity index is 1220. The fourth-order valence-corrected chi connectivity index (χ4v) is 3.87. The van der Waals surface area contributed by atoms with E-state index >= 15 is 0 Å². The van der Waals surface area contributed by atoms with E-state index in [1.165, 1.54) is 18.1 Å². The van der Waals surface area contributed by atoms with Crippen LogP contribution in [0.2, 0.25) is 0 Å². The van der Waals surface area contributed by atoms with Crippen molar-refractivity contribution < 1.29 is 24.2 Å². The predicted molar refractivity (Wildman–Crippen MR) is 129 cm³/mol. The lowest BCUT2D eigenvalue weighted by molar-refractivity contribution is -0.130. The van der Waals surface area contributed by atoms with Crippen LogP contribution in [0.15, 0.2) is 102 Å². The summed E-state index contributed by atoms with van der Waals surface area (Å²) in [7, 11) is 1.53. The van der Waals surface area contributed by atoms with E-state index in [-0.39, 0.29) is 18.7 Å². The van der Waals surface area contributed by atoms with Crippen molar-refractivity contribution in [2.45, 2.75) is 6.04 Å². The van der Waals surface area contributed by atoms with Crippen molar-refractivity contribution in [1.82, 2.24) is 4.90 Å². The molecule has 0 bridgehead atoms. The van der Waals surface area contributed by atoms with Gasteiger partial charge in [0.05, 0.1) is 18.2 Å². The van der Waals surface area contributed by atoms with Crippen LogP contribution in [0.3, 0.4) is 0 Å². The van der Waals surface area contributed by atoms with Crippen LogP contribution in [-0.2, 0) is 14.3 Å². The minimum atomic E-state index is -0.769. The van der Waals surface area contributed by atoms with Gasteiger partial charge in [-0.1, -0.05) is 66.7 Å². The van der Waals surface area contributed by atoms with Crippen molar-refractivity contribution in [3.8, 4) is 11.5 Å². The summed E-state index contributed by atoms with van der Waals surface area (Å²) in [6.07, 6.45) is 3.04. The van der Waals surface area contributed by atoms with Gasteiger partial charge in [0.15, 0.2) is 11.5 Å². The number of ketones is 1. The number of hydrogen-bond acceptors (Lipinski definition) is 5.